The number of alkyl halides is 1. The molecule has 0 saturated heterocycles. The van der Waals surface area contributed by atoms with Crippen LogP contribution in [0, 0.1) is 0 Å². The quantitative estimate of drug-likeness (QED) is 0.458. The predicted octanol–water partition coefficient (Wildman–Crippen LogP) is 1.79. The van der Waals surface area contributed by atoms with Crippen LogP contribution in [0.3, 0.4) is 0 Å². The van der Waals surface area contributed by atoms with E-state index >= 15 is 0 Å². The Kier molecular flexibility index (Phi) is 16.6. The van der Waals surface area contributed by atoms with Crippen molar-refractivity contribution in [2.45, 2.75) is 26.2 Å². The van der Waals surface area contributed by atoms with Crippen LogP contribution < -0.4 is 5.32 Å². The third-order valence-electron chi connectivity index (χ3n) is 2.27. The SMILES string of the molecule is CCCNCCOCCOCCOCCCCF. The van der Waals surface area contributed by atoms with Gasteiger partial charge in [-0.2, -0.15) is 0 Å². The molecule has 0 aliphatic rings. The molecule has 0 aromatic carbocycles. The normalized spacial score (nSPS) is 11.0. The van der Waals surface area contributed by atoms with Gasteiger partial charge >= 0.3 is 0 Å². The highest BCUT2D eigenvalue weighted by Crippen LogP contribution is 1.90. The number of hydrogen-bond donors (Lipinski definition) is 1. The first-order valence-electron chi connectivity index (χ1n) is 6.91. The molecule has 4 nitrogen and oxygen atoms in total. The Balaban J connectivity index is 2.86. The largest absolute Gasteiger partial charge is 0.379 e. The van der Waals surface area contributed by atoms with Crippen LogP contribution in [0.2, 0.25) is 0 Å². The van der Waals surface area contributed by atoms with Gasteiger partial charge in [-0.05, 0) is 25.8 Å². The third-order valence-corrected chi connectivity index (χ3v) is 2.27. The van der Waals surface area contributed by atoms with Gasteiger partial charge in [0.1, 0.15) is 0 Å². The first kappa shape index (κ1) is 17.8. The first-order chi connectivity index (χ1) is 8.91. The second kappa shape index (κ2) is 16.8. The molecular weight excluding hydrogens is 237 g/mol. The van der Waals surface area contributed by atoms with Crippen molar-refractivity contribution < 1.29 is 18.6 Å². The number of hydrogen-bond acceptors (Lipinski definition) is 4. The molecule has 18 heavy (non-hydrogen) atoms. The lowest BCUT2D eigenvalue weighted by molar-refractivity contribution is 0.0144. The summed E-state index contributed by atoms with van der Waals surface area (Å²) in [6, 6.07) is 0. The molecule has 0 fully saturated rings. The highest BCUT2D eigenvalue weighted by atomic mass is 19.1. The fourth-order valence-electron chi connectivity index (χ4n) is 1.29. The van der Waals surface area contributed by atoms with Crippen molar-refractivity contribution in [1.29, 1.82) is 0 Å². The highest BCUT2D eigenvalue weighted by Gasteiger charge is 1.92. The van der Waals surface area contributed by atoms with E-state index in [0.717, 1.165) is 32.5 Å². The fraction of sp³-hybridized carbons (Fsp3) is 1.00. The Bertz CT molecular complexity index is 134. The van der Waals surface area contributed by atoms with Crippen LogP contribution in [-0.4, -0.2) is 59.4 Å². The van der Waals surface area contributed by atoms with Crippen molar-refractivity contribution in [3.63, 3.8) is 0 Å². The maximum atomic E-state index is 11.7. The van der Waals surface area contributed by atoms with Crippen LogP contribution in [0.25, 0.3) is 0 Å². The molecule has 5 heteroatoms. The van der Waals surface area contributed by atoms with E-state index in [0.29, 0.717) is 39.5 Å². The molecule has 0 heterocycles. The Morgan fingerprint density at radius 1 is 0.778 bits per heavy atom. The molecule has 0 radical (unpaired) electrons. The summed E-state index contributed by atoms with van der Waals surface area (Å²) in [7, 11) is 0. The molecule has 110 valence electrons. The van der Waals surface area contributed by atoms with Crippen LogP contribution in [0.5, 0.6) is 0 Å². The molecule has 0 saturated carbocycles. The van der Waals surface area contributed by atoms with E-state index in [-0.39, 0.29) is 6.67 Å². The Hall–Kier alpha value is -0.230. The van der Waals surface area contributed by atoms with Crippen molar-refractivity contribution in [3.05, 3.63) is 0 Å². The van der Waals surface area contributed by atoms with E-state index in [2.05, 4.69) is 12.2 Å². The summed E-state index contributed by atoms with van der Waals surface area (Å²) in [6.07, 6.45) is 2.51. The van der Waals surface area contributed by atoms with Crippen molar-refractivity contribution in [2.75, 3.05) is 59.4 Å². The van der Waals surface area contributed by atoms with Crippen molar-refractivity contribution in [2.24, 2.45) is 0 Å². The second-order valence-corrected chi connectivity index (χ2v) is 3.98. The van der Waals surface area contributed by atoms with Crippen molar-refractivity contribution >= 4 is 0 Å². The topological polar surface area (TPSA) is 39.7 Å². The van der Waals surface area contributed by atoms with Gasteiger partial charge in [-0.25, -0.2) is 0 Å². The molecule has 0 aromatic heterocycles. The summed E-state index contributed by atoms with van der Waals surface area (Å²) < 4.78 is 27.7. The van der Waals surface area contributed by atoms with E-state index in [1.54, 1.807) is 0 Å². The number of halogens is 1. The Labute approximate surface area is 110 Å². The van der Waals surface area contributed by atoms with Gasteiger partial charge in [0.15, 0.2) is 0 Å². The van der Waals surface area contributed by atoms with E-state index in [4.69, 9.17) is 14.2 Å². The van der Waals surface area contributed by atoms with Crippen molar-refractivity contribution in [1.82, 2.24) is 5.32 Å². The van der Waals surface area contributed by atoms with Crippen LogP contribution in [0.4, 0.5) is 4.39 Å². The van der Waals surface area contributed by atoms with Crippen LogP contribution >= 0.6 is 0 Å². The summed E-state index contributed by atoms with van der Waals surface area (Å²) in [5.74, 6) is 0. The molecule has 0 spiro atoms. The number of unbranched alkanes of at least 4 members (excludes halogenated alkanes) is 1. The van der Waals surface area contributed by atoms with Crippen LogP contribution in [0.1, 0.15) is 26.2 Å². The van der Waals surface area contributed by atoms with Gasteiger partial charge in [0.2, 0.25) is 0 Å². The zero-order valence-corrected chi connectivity index (χ0v) is 11.6. The predicted molar refractivity (Wildman–Crippen MR) is 70.8 cm³/mol. The lowest BCUT2D eigenvalue weighted by atomic mass is 10.3. The van der Waals surface area contributed by atoms with Gasteiger partial charge < -0.3 is 19.5 Å². The minimum atomic E-state index is -0.260. The van der Waals surface area contributed by atoms with Crippen LogP contribution in [0.15, 0.2) is 0 Å². The summed E-state index contributed by atoms with van der Waals surface area (Å²) in [4.78, 5) is 0. The van der Waals surface area contributed by atoms with E-state index < -0.39 is 0 Å². The van der Waals surface area contributed by atoms with E-state index in [1.807, 2.05) is 0 Å². The Morgan fingerprint density at radius 3 is 2.00 bits per heavy atom. The summed E-state index contributed by atoms with van der Waals surface area (Å²) in [5.41, 5.74) is 0. The molecule has 0 bridgehead atoms. The molecule has 0 atom stereocenters. The van der Waals surface area contributed by atoms with Crippen molar-refractivity contribution in [3.8, 4) is 0 Å². The average Bonchev–Trinajstić information content (AvgIpc) is 2.39. The van der Waals surface area contributed by atoms with Gasteiger partial charge in [-0.3, -0.25) is 4.39 Å². The lowest BCUT2D eigenvalue weighted by Gasteiger charge is -2.07. The third kappa shape index (κ3) is 15.8. The van der Waals surface area contributed by atoms with E-state index in [9.17, 15) is 4.39 Å². The number of rotatable bonds is 15. The van der Waals surface area contributed by atoms with Gasteiger partial charge in [-0.15, -0.1) is 0 Å². The number of nitrogens with one attached hydrogen (secondary N) is 1. The second-order valence-electron chi connectivity index (χ2n) is 3.98. The molecule has 1 N–H and O–H groups in total. The zero-order valence-electron chi connectivity index (χ0n) is 11.6. The standard InChI is InChI=1S/C13H28FNO3/c1-2-6-15-7-9-17-11-13-18-12-10-16-8-4-3-5-14/h15H,2-13H2,1H3. The molecule has 0 aliphatic heterocycles. The summed E-state index contributed by atoms with van der Waals surface area (Å²) in [5, 5.41) is 3.26. The monoisotopic (exact) mass is 265 g/mol. The first-order valence-corrected chi connectivity index (χ1v) is 6.91. The average molecular weight is 265 g/mol. The minimum Gasteiger partial charge on any atom is -0.379 e. The summed E-state index contributed by atoms with van der Waals surface area (Å²) >= 11 is 0. The molecular formula is C13H28FNO3. The van der Waals surface area contributed by atoms with E-state index in [1.165, 1.54) is 0 Å². The smallest absolute Gasteiger partial charge is 0.0895 e. The Morgan fingerprint density at radius 2 is 1.39 bits per heavy atom. The maximum absolute atomic E-state index is 11.7. The van der Waals surface area contributed by atoms with Gasteiger partial charge in [0, 0.05) is 13.2 Å². The van der Waals surface area contributed by atoms with Gasteiger partial charge in [-0.1, -0.05) is 6.92 Å². The molecule has 0 amide bonds. The molecule has 0 unspecified atom stereocenters. The molecule has 0 aromatic rings. The van der Waals surface area contributed by atoms with Crippen LogP contribution in [-0.2, 0) is 14.2 Å². The fourth-order valence-corrected chi connectivity index (χ4v) is 1.29. The molecule has 0 rings (SSSR count). The lowest BCUT2D eigenvalue weighted by Crippen LogP contribution is -2.21. The molecule has 0 aliphatic carbocycles. The van der Waals surface area contributed by atoms with Gasteiger partial charge in [0.25, 0.3) is 0 Å². The number of ether oxygens (including phenoxy) is 3. The zero-order chi connectivity index (χ0) is 13.3. The minimum absolute atomic E-state index is 0.260. The highest BCUT2D eigenvalue weighted by molar-refractivity contribution is 4.43. The van der Waals surface area contributed by atoms with Gasteiger partial charge in [0.05, 0.1) is 39.7 Å². The maximum Gasteiger partial charge on any atom is 0.0895 e. The summed E-state index contributed by atoms with van der Waals surface area (Å²) in [6.45, 7) is 7.53.